The number of amides is 1. The first kappa shape index (κ1) is 19.0. The Labute approximate surface area is 162 Å². The van der Waals surface area contributed by atoms with Gasteiger partial charge in [-0.25, -0.2) is 8.78 Å². The highest BCUT2D eigenvalue weighted by atomic mass is 19.1. The number of aromatic nitrogens is 2. The van der Waals surface area contributed by atoms with E-state index in [0.29, 0.717) is 39.3 Å². The maximum Gasteiger partial charge on any atom is 0.256 e. The third-order valence-electron chi connectivity index (χ3n) is 5.47. The summed E-state index contributed by atoms with van der Waals surface area (Å²) in [4.78, 5) is 16.4. The number of piperazine rings is 1. The average molecular weight is 390 g/mol. The van der Waals surface area contributed by atoms with Crippen LogP contribution in [0.5, 0.6) is 0 Å². The van der Waals surface area contributed by atoms with Crippen LogP contribution in [-0.4, -0.2) is 58.3 Å². The van der Waals surface area contributed by atoms with Crippen LogP contribution in [0.25, 0.3) is 0 Å². The number of hydrogen-bond acceptors (Lipinski definition) is 4. The smallest absolute Gasteiger partial charge is 0.256 e. The first-order chi connectivity index (χ1) is 13.6. The highest BCUT2D eigenvalue weighted by molar-refractivity contribution is 5.94. The van der Waals surface area contributed by atoms with Crippen molar-refractivity contribution in [2.75, 3.05) is 32.8 Å². The third-order valence-corrected chi connectivity index (χ3v) is 5.47. The number of hydrogen-bond donors (Lipinski definition) is 0. The topological polar surface area (TPSA) is 50.6 Å². The molecule has 0 bridgehead atoms. The van der Waals surface area contributed by atoms with Gasteiger partial charge in [0.25, 0.3) is 5.91 Å². The van der Waals surface area contributed by atoms with Crippen molar-refractivity contribution in [2.24, 2.45) is 0 Å². The molecule has 2 aromatic rings. The van der Waals surface area contributed by atoms with Gasteiger partial charge in [-0.1, -0.05) is 0 Å². The van der Waals surface area contributed by atoms with Crippen molar-refractivity contribution < 1.29 is 18.3 Å². The molecule has 6 nitrogen and oxygen atoms in total. The summed E-state index contributed by atoms with van der Waals surface area (Å²) in [5, 5.41) is 4.76. The highest BCUT2D eigenvalue weighted by Crippen LogP contribution is 2.23. The number of benzene rings is 1. The standard InChI is InChI=1S/C20H24F2N4O2/c1-2-26-19-5-10-28-13-16(19)18(23-26)12-24-6-8-25(9-7-24)20(27)15-4-3-14(21)11-17(15)22/h3-4,11H,2,5-10,12-13H2,1H3. The molecule has 2 aliphatic heterocycles. The van der Waals surface area contributed by atoms with Gasteiger partial charge in [-0.15, -0.1) is 0 Å². The minimum atomic E-state index is -0.816. The first-order valence-electron chi connectivity index (χ1n) is 9.68. The predicted octanol–water partition coefficient (Wildman–Crippen LogP) is 2.21. The molecule has 0 saturated carbocycles. The zero-order valence-electron chi connectivity index (χ0n) is 16.0. The number of carbonyl (C=O) groups excluding carboxylic acids is 1. The lowest BCUT2D eigenvalue weighted by Gasteiger charge is -2.34. The minimum absolute atomic E-state index is 0.0808. The van der Waals surface area contributed by atoms with E-state index in [2.05, 4.69) is 16.5 Å². The second kappa shape index (κ2) is 7.97. The second-order valence-electron chi connectivity index (χ2n) is 7.18. The first-order valence-corrected chi connectivity index (χ1v) is 9.68. The summed E-state index contributed by atoms with van der Waals surface area (Å²) in [6.07, 6.45) is 0.891. The van der Waals surface area contributed by atoms with Crippen LogP contribution >= 0.6 is 0 Å². The summed E-state index contributed by atoms with van der Waals surface area (Å²) in [5.74, 6) is -1.89. The van der Waals surface area contributed by atoms with E-state index in [4.69, 9.17) is 9.84 Å². The van der Waals surface area contributed by atoms with Crippen LogP contribution in [0, 0.1) is 11.6 Å². The minimum Gasteiger partial charge on any atom is -0.376 e. The molecule has 1 fully saturated rings. The molecule has 1 saturated heterocycles. The molecule has 4 rings (SSSR count). The monoisotopic (exact) mass is 390 g/mol. The Morgan fingerprint density at radius 3 is 2.71 bits per heavy atom. The molecule has 0 N–H and O–H groups in total. The van der Waals surface area contributed by atoms with Crippen molar-refractivity contribution in [1.82, 2.24) is 19.6 Å². The van der Waals surface area contributed by atoms with Crippen LogP contribution in [0.3, 0.4) is 0 Å². The summed E-state index contributed by atoms with van der Waals surface area (Å²) in [7, 11) is 0. The van der Waals surface area contributed by atoms with Gasteiger partial charge in [0.05, 0.1) is 24.5 Å². The number of ether oxygens (including phenoxy) is 1. The van der Waals surface area contributed by atoms with E-state index in [-0.39, 0.29) is 5.56 Å². The Morgan fingerprint density at radius 2 is 2.00 bits per heavy atom. The van der Waals surface area contributed by atoms with E-state index in [0.717, 1.165) is 37.4 Å². The van der Waals surface area contributed by atoms with Gasteiger partial charge in [-0.05, 0) is 19.1 Å². The van der Waals surface area contributed by atoms with E-state index < -0.39 is 17.5 Å². The van der Waals surface area contributed by atoms with Crippen LogP contribution in [0.4, 0.5) is 8.78 Å². The molecule has 1 aromatic heterocycles. The van der Waals surface area contributed by atoms with E-state index in [1.54, 1.807) is 4.90 Å². The van der Waals surface area contributed by atoms with E-state index in [1.807, 2.05) is 0 Å². The number of halogens is 2. The summed E-state index contributed by atoms with van der Waals surface area (Å²) < 4.78 is 34.6. The number of carbonyl (C=O) groups is 1. The van der Waals surface area contributed by atoms with Crippen LogP contribution in [0.2, 0.25) is 0 Å². The van der Waals surface area contributed by atoms with Crippen molar-refractivity contribution in [3.8, 4) is 0 Å². The fourth-order valence-electron chi connectivity index (χ4n) is 3.92. The molecular weight excluding hydrogens is 366 g/mol. The summed E-state index contributed by atoms with van der Waals surface area (Å²) in [5.41, 5.74) is 3.42. The van der Waals surface area contributed by atoms with Crippen LogP contribution in [-0.2, 0) is 30.9 Å². The van der Waals surface area contributed by atoms with Gasteiger partial charge in [-0.2, -0.15) is 5.10 Å². The predicted molar refractivity (Wildman–Crippen MR) is 98.8 cm³/mol. The molecule has 3 heterocycles. The van der Waals surface area contributed by atoms with Crippen molar-refractivity contribution >= 4 is 5.91 Å². The SMILES string of the molecule is CCn1nc(CN2CCN(C(=O)c3ccc(F)cc3F)CC2)c2c1CCOC2. The van der Waals surface area contributed by atoms with Gasteiger partial charge in [0.15, 0.2) is 0 Å². The Morgan fingerprint density at radius 1 is 1.21 bits per heavy atom. The molecule has 1 aromatic carbocycles. The molecule has 0 atom stereocenters. The summed E-state index contributed by atoms with van der Waals surface area (Å²) in [6.45, 7) is 7.36. The van der Waals surface area contributed by atoms with E-state index in [1.165, 1.54) is 17.3 Å². The lowest BCUT2D eigenvalue weighted by Crippen LogP contribution is -2.48. The molecule has 0 radical (unpaired) electrons. The van der Waals surface area contributed by atoms with Crippen LogP contribution in [0.15, 0.2) is 18.2 Å². The summed E-state index contributed by atoms with van der Waals surface area (Å²) in [6, 6.07) is 3.07. The number of rotatable bonds is 4. The van der Waals surface area contributed by atoms with Crippen molar-refractivity contribution in [3.63, 3.8) is 0 Å². The fourth-order valence-corrected chi connectivity index (χ4v) is 3.92. The molecule has 150 valence electrons. The molecular formula is C20H24F2N4O2. The van der Waals surface area contributed by atoms with Crippen LogP contribution < -0.4 is 0 Å². The molecule has 0 aliphatic carbocycles. The number of aryl methyl sites for hydroxylation is 1. The Balaban J connectivity index is 1.40. The third kappa shape index (κ3) is 3.66. The second-order valence-corrected chi connectivity index (χ2v) is 7.18. The number of nitrogens with zero attached hydrogens (tertiary/aromatic N) is 4. The van der Waals surface area contributed by atoms with Crippen molar-refractivity contribution in [3.05, 3.63) is 52.3 Å². The lowest BCUT2D eigenvalue weighted by molar-refractivity contribution is 0.0620. The maximum absolute atomic E-state index is 13.9. The van der Waals surface area contributed by atoms with Gasteiger partial charge in [0, 0.05) is 63.0 Å². The largest absolute Gasteiger partial charge is 0.376 e. The van der Waals surface area contributed by atoms with Crippen LogP contribution in [0.1, 0.15) is 34.2 Å². The maximum atomic E-state index is 13.9. The van der Waals surface area contributed by atoms with Gasteiger partial charge < -0.3 is 9.64 Å². The van der Waals surface area contributed by atoms with E-state index >= 15 is 0 Å². The molecule has 1 amide bonds. The highest BCUT2D eigenvalue weighted by Gasteiger charge is 2.27. The van der Waals surface area contributed by atoms with Gasteiger partial charge in [0.2, 0.25) is 0 Å². The quantitative estimate of drug-likeness (QED) is 0.803. The zero-order chi connectivity index (χ0) is 19.7. The molecule has 28 heavy (non-hydrogen) atoms. The summed E-state index contributed by atoms with van der Waals surface area (Å²) >= 11 is 0. The number of fused-ring (bicyclic) bond motifs is 1. The normalized spacial score (nSPS) is 17.6. The average Bonchev–Trinajstić information content (AvgIpc) is 3.06. The Bertz CT molecular complexity index is 875. The molecule has 0 spiro atoms. The lowest BCUT2D eigenvalue weighted by atomic mass is 10.1. The Hall–Kier alpha value is -2.32. The Kier molecular flexibility index (Phi) is 5.41. The fraction of sp³-hybridized carbons (Fsp3) is 0.500. The van der Waals surface area contributed by atoms with Crippen molar-refractivity contribution in [2.45, 2.75) is 33.0 Å². The zero-order valence-corrected chi connectivity index (χ0v) is 16.0. The van der Waals surface area contributed by atoms with Gasteiger partial charge >= 0.3 is 0 Å². The molecule has 2 aliphatic rings. The van der Waals surface area contributed by atoms with E-state index in [9.17, 15) is 13.6 Å². The van der Waals surface area contributed by atoms with Gasteiger partial charge in [-0.3, -0.25) is 14.4 Å². The van der Waals surface area contributed by atoms with Gasteiger partial charge in [0.1, 0.15) is 11.6 Å². The molecule has 0 unspecified atom stereocenters. The molecule has 8 heteroatoms. The van der Waals surface area contributed by atoms with Crippen molar-refractivity contribution in [1.29, 1.82) is 0 Å².